The van der Waals surface area contributed by atoms with Crippen molar-refractivity contribution in [2.45, 2.75) is 6.42 Å². The van der Waals surface area contributed by atoms with Crippen molar-refractivity contribution in [2.24, 2.45) is 0 Å². The maximum atomic E-state index is 10.9. The molecule has 0 unspecified atom stereocenters. The van der Waals surface area contributed by atoms with Gasteiger partial charge in [-0.2, -0.15) is 0 Å². The number of hydrogen-bond donors (Lipinski definition) is 1. The maximum Gasteiger partial charge on any atom is 0.335 e. The Bertz CT molecular complexity index is 409. The smallest absolute Gasteiger partial charge is 0.335 e. The molecule has 0 bridgehead atoms. The minimum atomic E-state index is -0.981. The molecule has 4 nitrogen and oxygen atoms in total. The Kier molecular flexibility index (Phi) is 4.27. The van der Waals surface area contributed by atoms with Crippen molar-refractivity contribution in [1.29, 1.82) is 0 Å². The van der Waals surface area contributed by atoms with Crippen LogP contribution in [0.4, 0.5) is 0 Å². The molecule has 1 N–H and O–H groups in total. The second-order valence-corrected chi connectivity index (χ2v) is 3.08. The number of carbonyl (C=O) groups is 2. The first-order chi connectivity index (χ1) is 7.65. The highest BCUT2D eigenvalue weighted by molar-refractivity contribution is 5.89. The third kappa shape index (κ3) is 3.24. The Balaban J connectivity index is 2.63. The van der Waals surface area contributed by atoms with E-state index in [4.69, 9.17) is 9.84 Å². The third-order valence-electron chi connectivity index (χ3n) is 2.03. The van der Waals surface area contributed by atoms with E-state index in [2.05, 4.69) is 6.58 Å². The van der Waals surface area contributed by atoms with Crippen molar-refractivity contribution < 1.29 is 19.4 Å². The predicted octanol–water partition coefficient (Wildman–Crippen LogP) is 1.66. The van der Waals surface area contributed by atoms with E-state index in [0.717, 1.165) is 6.08 Å². The van der Waals surface area contributed by atoms with Gasteiger partial charge in [-0.05, 0) is 11.6 Å². The first kappa shape index (κ1) is 12.0. The Morgan fingerprint density at radius 1 is 1.38 bits per heavy atom. The lowest BCUT2D eigenvalue weighted by molar-refractivity contribution is -0.137. The van der Waals surface area contributed by atoms with Crippen LogP contribution in [0.25, 0.3) is 0 Å². The average Bonchev–Trinajstić information content (AvgIpc) is 2.29. The summed E-state index contributed by atoms with van der Waals surface area (Å²) in [6, 6.07) is 6.62. The van der Waals surface area contributed by atoms with Gasteiger partial charge in [0.1, 0.15) is 0 Å². The quantitative estimate of drug-likeness (QED) is 0.605. The largest absolute Gasteiger partial charge is 0.478 e. The summed E-state index contributed by atoms with van der Waals surface area (Å²) in [6.45, 7) is 3.41. The molecule has 0 heterocycles. The molecule has 0 fully saturated rings. The normalized spacial score (nSPS) is 9.50. The Hall–Kier alpha value is -2.10. The van der Waals surface area contributed by atoms with E-state index in [1.807, 2.05) is 0 Å². The molecule has 0 saturated carbocycles. The molecule has 16 heavy (non-hydrogen) atoms. The van der Waals surface area contributed by atoms with Crippen LogP contribution in [0.3, 0.4) is 0 Å². The van der Waals surface area contributed by atoms with E-state index in [1.165, 1.54) is 6.07 Å². The van der Waals surface area contributed by atoms with Crippen molar-refractivity contribution in [3.05, 3.63) is 48.0 Å². The number of carboxylic acids is 1. The van der Waals surface area contributed by atoms with Crippen LogP contribution in [-0.4, -0.2) is 23.7 Å². The van der Waals surface area contributed by atoms with Gasteiger partial charge in [0.25, 0.3) is 0 Å². The summed E-state index contributed by atoms with van der Waals surface area (Å²) in [4.78, 5) is 21.6. The van der Waals surface area contributed by atoms with Gasteiger partial charge in [-0.1, -0.05) is 24.8 Å². The molecule has 0 saturated heterocycles. The van der Waals surface area contributed by atoms with Gasteiger partial charge in [-0.15, -0.1) is 0 Å². The van der Waals surface area contributed by atoms with Crippen molar-refractivity contribution in [3.63, 3.8) is 0 Å². The van der Waals surface area contributed by atoms with Crippen molar-refractivity contribution >= 4 is 11.9 Å². The highest BCUT2D eigenvalue weighted by atomic mass is 16.5. The van der Waals surface area contributed by atoms with E-state index in [1.54, 1.807) is 18.2 Å². The zero-order chi connectivity index (χ0) is 12.0. The fraction of sp³-hybridized carbons (Fsp3) is 0.167. The maximum absolute atomic E-state index is 10.9. The molecule has 0 radical (unpaired) electrons. The molecule has 1 aromatic carbocycles. The molecule has 1 rings (SSSR count). The third-order valence-corrected chi connectivity index (χ3v) is 2.03. The summed E-state index contributed by atoms with van der Waals surface area (Å²) < 4.78 is 4.78. The highest BCUT2D eigenvalue weighted by Crippen LogP contribution is 2.09. The van der Waals surface area contributed by atoms with Gasteiger partial charge in [0, 0.05) is 12.5 Å². The van der Waals surface area contributed by atoms with Gasteiger partial charge < -0.3 is 9.84 Å². The molecule has 0 aliphatic carbocycles. The zero-order valence-electron chi connectivity index (χ0n) is 8.68. The lowest BCUT2D eigenvalue weighted by Gasteiger charge is -2.05. The van der Waals surface area contributed by atoms with Crippen LogP contribution in [0.5, 0.6) is 0 Å². The standard InChI is InChI=1S/C12H12O4/c1-2-11(13)16-8-7-9-5-3-4-6-10(9)12(14)15/h2-6H,1,7-8H2,(H,14,15). The lowest BCUT2D eigenvalue weighted by Crippen LogP contribution is -2.08. The van der Waals surface area contributed by atoms with Gasteiger partial charge in [-0.3, -0.25) is 0 Å². The van der Waals surface area contributed by atoms with Crippen LogP contribution in [0, 0.1) is 0 Å². The van der Waals surface area contributed by atoms with Crippen LogP contribution in [-0.2, 0) is 16.0 Å². The lowest BCUT2D eigenvalue weighted by atomic mass is 10.1. The summed E-state index contributed by atoms with van der Waals surface area (Å²) in [5.74, 6) is -1.49. The summed E-state index contributed by atoms with van der Waals surface area (Å²) in [5.41, 5.74) is 0.879. The van der Waals surface area contributed by atoms with E-state index in [0.29, 0.717) is 12.0 Å². The van der Waals surface area contributed by atoms with Crippen LogP contribution >= 0.6 is 0 Å². The van der Waals surface area contributed by atoms with E-state index < -0.39 is 11.9 Å². The van der Waals surface area contributed by atoms with E-state index in [-0.39, 0.29) is 12.2 Å². The molecule has 0 amide bonds. The predicted molar refractivity (Wildman–Crippen MR) is 58.3 cm³/mol. The molecule has 4 heteroatoms. The number of hydrogen-bond acceptors (Lipinski definition) is 3. The second kappa shape index (κ2) is 5.70. The highest BCUT2D eigenvalue weighted by Gasteiger charge is 2.08. The molecule has 0 spiro atoms. The first-order valence-electron chi connectivity index (χ1n) is 4.75. The van der Waals surface area contributed by atoms with Crippen molar-refractivity contribution in [3.8, 4) is 0 Å². The number of carboxylic acid groups (broad SMARTS) is 1. The minimum Gasteiger partial charge on any atom is -0.478 e. The second-order valence-electron chi connectivity index (χ2n) is 3.08. The van der Waals surface area contributed by atoms with Gasteiger partial charge in [0.05, 0.1) is 12.2 Å². The number of carbonyl (C=O) groups excluding carboxylic acids is 1. The van der Waals surface area contributed by atoms with Gasteiger partial charge >= 0.3 is 11.9 Å². The molecule has 84 valence electrons. The fourth-order valence-corrected chi connectivity index (χ4v) is 1.27. The minimum absolute atomic E-state index is 0.148. The number of aromatic carboxylic acids is 1. The SMILES string of the molecule is C=CC(=O)OCCc1ccccc1C(=O)O. The van der Waals surface area contributed by atoms with Crippen LogP contribution in [0.2, 0.25) is 0 Å². The number of rotatable bonds is 5. The zero-order valence-corrected chi connectivity index (χ0v) is 8.68. The van der Waals surface area contributed by atoms with Gasteiger partial charge in [-0.25, -0.2) is 9.59 Å². The Morgan fingerprint density at radius 3 is 2.69 bits per heavy atom. The van der Waals surface area contributed by atoms with Crippen LogP contribution < -0.4 is 0 Å². The molecule has 0 atom stereocenters. The van der Waals surface area contributed by atoms with E-state index >= 15 is 0 Å². The fourth-order valence-electron chi connectivity index (χ4n) is 1.27. The molecule has 0 aliphatic rings. The molecule has 0 aliphatic heterocycles. The Labute approximate surface area is 93.2 Å². The molecule has 1 aromatic rings. The van der Waals surface area contributed by atoms with Gasteiger partial charge in [0.15, 0.2) is 0 Å². The number of esters is 1. The topological polar surface area (TPSA) is 63.6 Å². The summed E-state index contributed by atoms with van der Waals surface area (Å²) >= 11 is 0. The molecule has 0 aromatic heterocycles. The number of ether oxygens (including phenoxy) is 1. The summed E-state index contributed by atoms with van der Waals surface area (Å²) in [6.07, 6.45) is 1.45. The van der Waals surface area contributed by atoms with Crippen molar-refractivity contribution in [1.82, 2.24) is 0 Å². The van der Waals surface area contributed by atoms with E-state index in [9.17, 15) is 9.59 Å². The molecular weight excluding hydrogens is 208 g/mol. The monoisotopic (exact) mass is 220 g/mol. The van der Waals surface area contributed by atoms with Crippen LogP contribution in [0.15, 0.2) is 36.9 Å². The van der Waals surface area contributed by atoms with Gasteiger partial charge in [0.2, 0.25) is 0 Å². The average molecular weight is 220 g/mol. The Morgan fingerprint density at radius 2 is 2.06 bits per heavy atom. The van der Waals surface area contributed by atoms with Crippen LogP contribution in [0.1, 0.15) is 15.9 Å². The summed E-state index contributed by atoms with van der Waals surface area (Å²) in [7, 11) is 0. The first-order valence-corrected chi connectivity index (χ1v) is 4.75. The summed E-state index contributed by atoms with van der Waals surface area (Å²) in [5, 5.41) is 8.90. The molecular formula is C12H12O4. The number of benzene rings is 1. The van der Waals surface area contributed by atoms with Crippen molar-refractivity contribution in [2.75, 3.05) is 6.61 Å².